The van der Waals surface area contributed by atoms with Crippen molar-refractivity contribution in [1.29, 1.82) is 0 Å². The molecule has 0 aromatic carbocycles. The molecule has 6 nitrogen and oxygen atoms in total. The fraction of sp³-hybridized carbons (Fsp3) is 0.333. The van der Waals surface area contributed by atoms with Crippen LogP contribution in [0.15, 0.2) is 12.7 Å². The molecule has 0 amide bonds. The van der Waals surface area contributed by atoms with E-state index in [2.05, 4.69) is 9.47 Å². The molecule has 0 bridgehead atoms. The monoisotopic (exact) mass is 250 g/mol. The van der Waals surface area contributed by atoms with Crippen LogP contribution in [0.5, 0.6) is 0 Å². The number of carbonyl (C=O) groups is 2. The quantitative estimate of drug-likeness (QED) is 0.506. The third-order valence-corrected chi connectivity index (χ3v) is 0.671. The number of ether oxygens (including phenoxy) is 2. The smallest absolute Gasteiger partial charge is 0.450 e. The summed E-state index contributed by atoms with van der Waals surface area (Å²) in [5, 5.41) is 13.9. The second kappa shape index (κ2) is 9.55. The lowest BCUT2D eigenvalue weighted by atomic mass is 10.7. The summed E-state index contributed by atoms with van der Waals surface area (Å²) in [5.41, 5.74) is 0. The molecule has 0 aromatic heterocycles. The highest BCUT2D eigenvalue weighted by atomic mass is 19.2. The van der Waals surface area contributed by atoms with Gasteiger partial charge in [-0.2, -0.15) is 8.78 Å². The molecule has 1 heterocycles. The molecule has 0 saturated carbocycles. The van der Waals surface area contributed by atoms with Gasteiger partial charge in [0.2, 0.25) is 0 Å². The summed E-state index contributed by atoms with van der Waals surface area (Å²) < 4.78 is 50.7. The van der Waals surface area contributed by atoms with Crippen molar-refractivity contribution in [3.8, 4) is 0 Å². The summed E-state index contributed by atoms with van der Waals surface area (Å²) in [6.07, 6.45) is -7.96. The zero-order chi connectivity index (χ0) is 13.1. The molecule has 0 spiro atoms. The molecule has 0 aliphatic carbocycles. The maximum Gasteiger partial charge on any atom is 0.513 e. The summed E-state index contributed by atoms with van der Waals surface area (Å²) in [7, 11) is 0. The molecule has 2 N–H and O–H groups in total. The Hall–Kier alpha value is -2.00. The third kappa shape index (κ3) is 12.0. The Labute approximate surface area is 85.7 Å². The molecule has 16 heavy (non-hydrogen) atoms. The van der Waals surface area contributed by atoms with Gasteiger partial charge in [0.1, 0.15) is 12.7 Å². The van der Waals surface area contributed by atoms with Crippen molar-refractivity contribution in [2.45, 2.75) is 12.7 Å². The zero-order valence-corrected chi connectivity index (χ0v) is 7.35. The Bertz CT molecular complexity index is 225. The molecular formula is C6H6F4O6. The summed E-state index contributed by atoms with van der Waals surface area (Å²) in [4.78, 5) is 18.3. The third-order valence-electron chi connectivity index (χ3n) is 0.671. The minimum absolute atomic E-state index is 0.167. The van der Waals surface area contributed by atoms with Crippen LogP contribution in [0.25, 0.3) is 0 Å². The van der Waals surface area contributed by atoms with Crippen molar-refractivity contribution in [1.82, 2.24) is 0 Å². The predicted octanol–water partition coefficient (Wildman–Crippen LogP) is 2.36. The van der Waals surface area contributed by atoms with Crippen LogP contribution in [0, 0.1) is 0 Å². The van der Waals surface area contributed by atoms with Crippen LogP contribution < -0.4 is 0 Å². The fourth-order valence-electron chi connectivity index (χ4n) is 0.319. The van der Waals surface area contributed by atoms with E-state index in [-0.39, 0.29) is 12.7 Å². The summed E-state index contributed by atoms with van der Waals surface area (Å²) >= 11 is 0. The first-order valence-electron chi connectivity index (χ1n) is 3.27. The fourth-order valence-corrected chi connectivity index (χ4v) is 0.319. The van der Waals surface area contributed by atoms with Gasteiger partial charge in [-0.15, -0.1) is 0 Å². The first-order chi connectivity index (χ1) is 7.34. The van der Waals surface area contributed by atoms with E-state index in [1.165, 1.54) is 0 Å². The highest BCUT2D eigenvalue weighted by Gasteiger charge is 2.36. The van der Waals surface area contributed by atoms with Gasteiger partial charge in [-0.1, -0.05) is 0 Å². The lowest BCUT2D eigenvalue weighted by molar-refractivity contribution is -0.0349. The summed E-state index contributed by atoms with van der Waals surface area (Å²) in [5.74, 6) is 0. The second-order valence-electron chi connectivity index (χ2n) is 1.72. The molecule has 0 aromatic rings. The molecule has 1 rings (SSSR count). The van der Waals surface area contributed by atoms with Gasteiger partial charge in [-0.3, -0.25) is 0 Å². The van der Waals surface area contributed by atoms with Crippen molar-refractivity contribution in [3.05, 3.63) is 12.7 Å². The van der Waals surface area contributed by atoms with Crippen LogP contribution >= 0.6 is 0 Å². The number of carboxylic acid groups (broad SMARTS) is 2. The van der Waals surface area contributed by atoms with Gasteiger partial charge in [0, 0.05) is 0 Å². The average Bonchev–Trinajstić information content (AvgIpc) is 2.44. The van der Waals surface area contributed by atoms with Crippen molar-refractivity contribution < 1.29 is 46.8 Å². The normalized spacial score (nSPS) is 22.1. The van der Waals surface area contributed by atoms with E-state index in [4.69, 9.17) is 15.0 Å². The van der Waals surface area contributed by atoms with Crippen molar-refractivity contribution in [2.75, 3.05) is 0 Å². The minimum atomic E-state index is -2.25. The molecule has 94 valence electrons. The van der Waals surface area contributed by atoms with Crippen LogP contribution in [0.3, 0.4) is 0 Å². The maximum atomic E-state index is 11.6. The largest absolute Gasteiger partial charge is 0.513 e. The van der Waals surface area contributed by atoms with E-state index in [1.54, 1.807) is 0 Å². The van der Waals surface area contributed by atoms with E-state index >= 15 is 0 Å². The number of halogens is 4. The van der Waals surface area contributed by atoms with Crippen molar-refractivity contribution in [2.24, 2.45) is 0 Å². The molecule has 1 fully saturated rings. The number of rotatable bonds is 0. The van der Waals surface area contributed by atoms with Gasteiger partial charge in [0.25, 0.3) is 0 Å². The molecule has 1 aliphatic heterocycles. The zero-order valence-electron chi connectivity index (χ0n) is 7.35. The van der Waals surface area contributed by atoms with Gasteiger partial charge in [-0.25, -0.2) is 18.4 Å². The van der Waals surface area contributed by atoms with E-state index < -0.39 is 25.0 Å². The molecule has 1 saturated heterocycles. The van der Waals surface area contributed by atoms with E-state index in [1.807, 2.05) is 0 Å². The topological polar surface area (TPSA) is 93.1 Å². The lowest BCUT2D eigenvalue weighted by Gasteiger charge is -1.92. The van der Waals surface area contributed by atoms with Crippen LogP contribution in [-0.2, 0) is 9.47 Å². The Morgan fingerprint density at radius 3 is 1.44 bits per heavy atom. The highest BCUT2D eigenvalue weighted by Crippen LogP contribution is 2.16. The van der Waals surface area contributed by atoms with Gasteiger partial charge < -0.3 is 19.7 Å². The second-order valence-corrected chi connectivity index (χ2v) is 1.72. The van der Waals surface area contributed by atoms with Gasteiger partial charge in [-0.05, 0) is 0 Å². The number of hydrogen-bond acceptors (Lipinski definition) is 4. The standard InChI is InChI=1S/C3H2F2O3.C2H2F2.CH2O3/c4-1-2(5)8-3(6)7-1;3-1-2-4;2-1(3)4/h1-2H;1-2H;(H2,2,3,4). The van der Waals surface area contributed by atoms with Crippen molar-refractivity contribution >= 4 is 12.3 Å². The molecular weight excluding hydrogens is 244 g/mol. The van der Waals surface area contributed by atoms with Crippen molar-refractivity contribution in [3.63, 3.8) is 0 Å². The first-order valence-corrected chi connectivity index (χ1v) is 3.27. The molecule has 2 unspecified atom stereocenters. The van der Waals surface area contributed by atoms with Crippen LogP contribution in [0.1, 0.15) is 0 Å². The number of alkyl halides is 2. The molecule has 1 aliphatic rings. The maximum absolute atomic E-state index is 11.6. The Balaban J connectivity index is 0. The lowest BCUT2D eigenvalue weighted by Crippen LogP contribution is -2.09. The van der Waals surface area contributed by atoms with Gasteiger partial charge in [0.15, 0.2) is 0 Å². The van der Waals surface area contributed by atoms with E-state index in [0.717, 1.165) is 0 Å². The Morgan fingerprint density at radius 2 is 1.38 bits per heavy atom. The van der Waals surface area contributed by atoms with Gasteiger partial charge in [0.05, 0.1) is 0 Å². The van der Waals surface area contributed by atoms with Crippen LogP contribution in [0.4, 0.5) is 27.2 Å². The molecule has 2 atom stereocenters. The van der Waals surface area contributed by atoms with E-state index in [9.17, 15) is 22.4 Å². The van der Waals surface area contributed by atoms with Crippen LogP contribution in [0.2, 0.25) is 0 Å². The summed E-state index contributed by atoms with van der Waals surface area (Å²) in [6, 6.07) is 0. The number of hydrogen-bond donors (Lipinski definition) is 2. The van der Waals surface area contributed by atoms with Crippen LogP contribution in [-0.4, -0.2) is 35.2 Å². The Morgan fingerprint density at radius 1 is 1.12 bits per heavy atom. The minimum Gasteiger partial charge on any atom is -0.450 e. The SMILES string of the molecule is FC=CF.O=C(O)O.O=C1OC(F)C(F)O1. The number of cyclic esters (lactones) is 2. The Kier molecular flexibility index (Phi) is 9.81. The molecule has 0 radical (unpaired) electrons. The highest BCUT2D eigenvalue weighted by molar-refractivity contribution is 5.61. The van der Waals surface area contributed by atoms with E-state index in [0.29, 0.717) is 0 Å². The average molecular weight is 250 g/mol. The first kappa shape index (κ1) is 16.4. The molecule has 10 heteroatoms. The predicted molar refractivity (Wildman–Crippen MR) is 39.4 cm³/mol. The summed E-state index contributed by atoms with van der Waals surface area (Å²) in [6.45, 7) is 0. The number of carbonyl (C=O) groups excluding carboxylic acids is 1. The van der Waals surface area contributed by atoms with Gasteiger partial charge >= 0.3 is 25.0 Å².